The van der Waals surface area contributed by atoms with Crippen molar-refractivity contribution < 1.29 is 23.1 Å². The predicted octanol–water partition coefficient (Wildman–Crippen LogP) is 6.68. The summed E-state index contributed by atoms with van der Waals surface area (Å²) in [5, 5.41) is 0.512. The van der Waals surface area contributed by atoms with Crippen LogP contribution in [0.2, 0.25) is 0 Å². The highest BCUT2D eigenvalue weighted by Crippen LogP contribution is 2.19. The second-order valence-electron chi connectivity index (χ2n) is 7.95. The third kappa shape index (κ3) is 5.84. The van der Waals surface area contributed by atoms with Crippen molar-refractivity contribution in [3.63, 3.8) is 0 Å². The second kappa shape index (κ2) is 10.8. The number of pyridine rings is 1. The van der Waals surface area contributed by atoms with Crippen LogP contribution in [0.25, 0.3) is 23.1 Å². The monoisotopic (exact) mass is 471 g/mol. The molecule has 0 atom stereocenters. The molecule has 0 aliphatic rings. The molecule has 0 aliphatic heterocycles. The SMILES string of the molecule is CCOC(=O)c1ccccc1CCC(=O)c1cccc(/C=C/c2ccc3cc(F)c(F)cc3n2)c1. The highest BCUT2D eigenvalue weighted by atomic mass is 19.2. The summed E-state index contributed by atoms with van der Waals surface area (Å²) < 4.78 is 32.0. The van der Waals surface area contributed by atoms with E-state index in [2.05, 4.69) is 4.98 Å². The van der Waals surface area contributed by atoms with Crippen molar-refractivity contribution in [1.29, 1.82) is 0 Å². The molecule has 6 heteroatoms. The molecule has 0 saturated heterocycles. The summed E-state index contributed by atoms with van der Waals surface area (Å²) in [6, 6.07) is 19.9. The Morgan fingerprint density at radius 1 is 0.914 bits per heavy atom. The minimum atomic E-state index is -0.942. The summed E-state index contributed by atoms with van der Waals surface area (Å²) in [7, 11) is 0. The van der Waals surface area contributed by atoms with Gasteiger partial charge in [-0.25, -0.2) is 18.6 Å². The largest absolute Gasteiger partial charge is 0.462 e. The van der Waals surface area contributed by atoms with E-state index >= 15 is 0 Å². The van der Waals surface area contributed by atoms with Crippen molar-refractivity contribution in [2.75, 3.05) is 6.61 Å². The highest BCUT2D eigenvalue weighted by Gasteiger charge is 2.14. The lowest BCUT2D eigenvalue weighted by Crippen LogP contribution is -2.09. The van der Waals surface area contributed by atoms with Gasteiger partial charge < -0.3 is 4.74 Å². The van der Waals surface area contributed by atoms with Gasteiger partial charge in [-0.15, -0.1) is 0 Å². The summed E-state index contributed by atoms with van der Waals surface area (Å²) >= 11 is 0. The van der Waals surface area contributed by atoms with Gasteiger partial charge >= 0.3 is 5.97 Å². The van der Waals surface area contributed by atoms with E-state index in [1.54, 1.807) is 61.5 Å². The first-order valence-corrected chi connectivity index (χ1v) is 11.3. The molecule has 0 radical (unpaired) electrons. The molecule has 4 nitrogen and oxygen atoms in total. The summed E-state index contributed by atoms with van der Waals surface area (Å²) in [5.41, 5.74) is 3.55. The number of ether oxygens (including phenoxy) is 1. The van der Waals surface area contributed by atoms with Gasteiger partial charge in [0.2, 0.25) is 0 Å². The lowest BCUT2D eigenvalue weighted by molar-refractivity contribution is 0.0524. The number of aromatic nitrogens is 1. The number of carbonyl (C=O) groups excluding carboxylic acids is 2. The van der Waals surface area contributed by atoms with E-state index in [1.165, 1.54) is 0 Å². The highest BCUT2D eigenvalue weighted by molar-refractivity contribution is 5.97. The van der Waals surface area contributed by atoms with E-state index in [-0.39, 0.29) is 18.8 Å². The van der Waals surface area contributed by atoms with Gasteiger partial charge in [-0.1, -0.05) is 48.5 Å². The molecule has 0 unspecified atom stereocenters. The van der Waals surface area contributed by atoms with Crippen molar-refractivity contribution in [2.45, 2.75) is 19.8 Å². The Bertz CT molecular complexity index is 1430. The average Bonchev–Trinajstić information content (AvgIpc) is 2.87. The van der Waals surface area contributed by atoms with Crippen molar-refractivity contribution in [3.05, 3.63) is 112 Å². The minimum absolute atomic E-state index is 0.0414. The molecule has 0 amide bonds. The third-order valence-corrected chi connectivity index (χ3v) is 5.54. The average molecular weight is 472 g/mol. The number of hydrogen-bond donors (Lipinski definition) is 0. The molecule has 1 heterocycles. The molecule has 4 rings (SSSR count). The first-order chi connectivity index (χ1) is 16.9. The van der Waals surface area contributed by atoms with Crippen molar-refractivity contribution in [3.8, 4) is 0 Å². The van der Waals surface area contributed by atoms with Gasteiger partial charge in [0.15, 0.2) is 17.4 Å². The number of benzene rings is 3. The molecule has 4 aromatic rings. The number of hydrogen-bond acceptors (Lipinski definition) is 4. The topological polar surface area (TPSA) is 56.3 Å². The van der Waals surface area contributed by atoms with Gasteiger partial charge in [0.1, 0.15) is 0 Å². The van der Waals surface area contributed by atoms with Crippen molar-refractivity contribution in [2.24, 2.45) is 0 Å². The van der Waals surface area contributed by atoms with Crippen LogP contribution in [0.4, 0.5) is 8.78 Å². The molecule has 176 valence electrons. The van der Waals surface area contributed by atoms with Crippen LogP contribution in [-0.2, 0) is 11.2 Å². The number of Topliss-reactive ketones (excluding diaryl/α,β-unsaturated/α-hetero) is 1. The molecule has 0 spiro atoms. The smallest absolute Gasteiger partial charge is 0.338 e. The van der Waals surface area contributed by atoms with Gasteiger partial charge in [-0.2, -0.15) is 0 Å². The Morgan fingerprint density at radius 3 is 2.54 bits per heavy atom. The Morgan fingerprint density at radius 2 is 1.71 bits per heavy atom. The standard InChI is InChI=1S/C29H23F2NO3/c1-2-35-29(34)24-9-4-3-7-20(24)12-15-28(33)22-8-5-6-19(16-22)10-13-23-14-11-21-17-25(30)26(31)18-27(21)32-23/h3-11,13-14,16-18H,2,12,15H2,1H3/b13-10+. The Balaban J connectivity index is 1.46. The fourth-order valence-corrected chi connectivity index (χ4v) is 3.76. The van der Waals surface area contributed by atoms with Gasteiger partial charge in [0.05, 0.1) is 23.4 Å². The van der Waals surface area contributed by atoms with Crippen LogP contribution in [-0.4, -0.2) is 23.3 Å². The predicted molar refractivity (Wildman–Crippen MR) is 132 cm³/mol. The number of rotatable bonds is 8. The number of aryl methyl sites for hydroxylation is 1. The zero-order valence-electron chi connectivity index (χ0n) is 19.1. The van der Waals surface area contributed by atoms with Crippen LogP contribution in [0.3, 0.4) is 0 Å². The zero-order chi connectivity index (χ0) is 24.8. The maximum absolute atomic E-state index is 13.5. The lowest BCUT2D eigenvalue weighted by Gasteiger charge is -2.08. The van der Waals surface area contributed by atoms with E-state index in [1.807, 2.05) is 18.2 Å². The van der Waals surface area contributed by atoms with Gasteiger partial charge in [-0.3, -0.25) is 4.79 Å². The van der Waals surface area contributed by atoms with Crippen LogP contribution in [0.15, 0.2) is 72.8 Å². The summed E-state index contributed by atoms with van der Waals surface area (Å²) in [6.07, 6.45) is 4.23. The number of halogens is 2. The number of fused-ring (bicyclic) bond motifs is 1. The summed E-state index contributed by atoms with van der Waals surface area (Å²) in [5.74, 6) is -2.28. The number of ketones is 1. The van der Waals surface area contributed by atoms with E-state index in [0.717, 1.165) is 23.3 Å². The molecule has 0 fully saturated rings. The fourth-order valence-electron chi connectivity index (χ4n) is 3.76. The van der Waals surface area contributed by atoms with Crippen LogP contribution < -0.4 is 0 Å². The van der Waals surface area contributed by atoms with Gasteiger partial charge in [0.25, 0.3) is 0 Å². The molecular weight excluding hydrogens is 448 g/mol. The molecule has 0 aliphatic carbocycles. The fraction of sp³-hybridized carbons (Fsp3) is 0.138. The van der Waals surface area contributed by atoms with Gasteiger partial charge in [0, 0.05) is 23.4 Å². The molecule has 0 N–H and O–H groups in total. The number of carbonyl (C=O) groups is 2. The first-order valence-electron chi connectivity index (χ1n) is 11.3. The Hall–Kier alpha value is -4.19. The molecule has 1 aromatic heterocycles. The maximum Gasteiger partial charge on any atom is 0.338 e. The molecule has 0 saturated carbocycles. The molecular formula is C29H23F2NO3. The van der Waals surface area contributed by atoms with Crippen molar-refractivity contribution in [1.82, 2.24) is 4.98 Å². The quantitative estimate of drug-likeness (QED) is 0.213. The van der Waals surface area contributed by atoms with E-state index in [4.69, 9.17) is 4.74 Å². The zero-order valence-corrected chi connectivity index (χ0v) is 19.1. The van der Waals surface area contributed by atoms with Crippen LogP contribution in [0.5, 0.6) is 0 Å². The van der Waals surface area contributed by atoms with Gasteiger partial charge in [-0.05, 0) is 54.8 Å². The van der Waals surface area contributed by atoms with Crippen molar-refractivity contribution >= 4 is 34.8 Å². The Labute approximate surface area is 201 Å². The first kappa shape index (κ1) is 24.0. The Kier molecular flexibility index (Phi) is 7.41. The normalized spacial score (nSPS) is 11.2. The second-order valence-corrected chi connectivity index (χ2v) is 7.95. The van der Waals surface area contributed by atoms with E-state index in [0.29, 0.717) is 34.1 Å². The van der Waals surface area contributed by atoms with E-state index < -0.39 is 17.6 Å². The number of nitrogens with zero attached hydrogens (tertiary/aromatic N) is 1. The van der Waals surface area contributed by atoms with E-state index in [9.17, 15) is 18.4 Å². The summed E-state index contributed by atoms with van der Waals surface area (Å²) in [6.45, 7) is 2.04. The lowest BCUT2D eigenvalue weighted by atomic mass is 9.98. The molecule has 0 bridgehead atoms. The van der Waals surface area contributed by atoms with Crippen LogP contribution >= 0.6 is 0 Å². The van der Waals surface area contributed by atoms with Crippen LogP contribution in [0.1, 0.15) is 50.9 Å². The van der Waals surface area contributed by atoms with Crippen LogP contribution in [0, 0.1) is 11.6 Å². The maximum atomic E-state index is 13.5. The minimum Gasteiger partial charge on any atom is -0.462 e. The molecule has 3 aromatic carbocycles. The third-order valence-electron chi connectivity index (χ3n) is 5.54. The number of esters is 1. The summed E-state index contributed by atoms with van der Waals surface area (Å²) in [4.78, 5) is 29.4. The molecule has 35 heavy (non-hydrogen) atoms.